The second kappa shape index (κ2) is 5.92. The highest BCUT2D eigenvalue weighted by Crippen LogP contribution is 2.14. The van der Waals surface area contributed by atoms with Crippen molar-refractivity contribution in [3.8, 4) is 5.69 Å². The van der Waals surface area contributed by atoms with Crippen LogP contribution in [-0.2, 0) is 0 Å². The standard InChI is InChI=1S/C16H14N8/c1-11(12-5-4-6-13(9-12)24-10-17-22-23-24)20-21-16-18-14-7-2-3-8-15(14)19-16/h2-10H,1H3,(H2,18,19,21)/b20-11+. The summed E-state index contributed by atoms with van der Waals surface area (Å²) < 4.78 is 1.60. The molecule has 0 spiro atoms. The van der Waals surface area contributed by atoms with Crippen molar-refractivity contribution in [2.45, 2.75) is 6.92 Å². The van der Waals surface area contributed by atoms with Gasteiger partial charge in [-0.3, -0.25) is 0 Å². The number of hydrazone groups is 1. The first-order valence-electron chi connectivity index (χ1n) is 7.38. The number of aromatic amines is 1. The Morgan fingerprint density at radius 2 is 2.08 bits per heavy atom. The molecule has 8 heteroatoms. The van der Waals surface area contributed by atoms with Gasteiger partial charge in [0.15, 0.2) is 0 Å². The highest BCUT2D eigenvalue weighted by molar-refractivity contribution is 5.99. The van der Waals surface area contributed by atoms with Gasteiger partial charge in [-0.1, -0.05) is 24.3 Å². The molecule has 4 aromatic rings. The molecule has 0 bridgehead atoms. The zero-order valence-electron chi connectivity index (χ0n) is 12.9. The molecule has 24 heavy (non-hydrogen) atoms. The van der Waals surface area contributed by atoms with Crippen LogP contribution >= 0.6 is 0 Å². The number of nitrogens with zero attached hydrogens (tertiary/aromatic N) is 6. The number of imidazole rings is 1. The molecule has 0 aliphatic rings. The van der Waals surface area contributed by atoms with Gasteiger partial charge >= 0.3 is 0 Å². The average molecular weight is 318 g/mol. The molecule has 0 radical (unpaired) electrons. The van der Waals surface area contributed by atoms with E-state index >= 15 is 0 Å². The molecule has 0 saturated heterocycles. The lowest BCUT2D eigenvalue weighted by atomic mass is 10.1. The Hall–Kier alpha value is -3.55. The fourth-order valence-corrected chi connectivity index (χ4v) is 2.36. The molecule has 2 aromatic heterocycles. The second-order valence-electron chi connectivity index (χ2n) is 5.22. The quantitative estimate of drug-likeness (QED) is 0.445. The Labute approximate surface area is 137 Å². The summed E-state index contributed by atoms with van der Waals surface area (Å²) in [5.74, 6) is 0.604. The van der Waals surface area contributed by atoms with Crippen molar-refractivity contribution in [3.05, 3.63) is 60.4 Å². The molecular weight excluding hydrogens is 304 g/mol. The van der Waals surface area contributed by atoms with E-state index < -0.39 is 0 Å². The minimum Gasteiger partial charge on any atom is -0.323 e. The molecule has 4 rings (SSSR count). The van der Waals surface area contributed by atoms with E-state index in [2.05, 4.69) is 36.0 Å². The third kappa shape index (κ3) is 2.72. The van der Waals surface area contributed by atoms with Crippen molar-refractivity contribution in [2.24, 2.45) is 5.10 Å². The smallest absolute Gasteiger partial charge is 0.222 e. The molecule has 2 aromatic carbocycles. The van der Waals surface area contributed by atoms with E-state index in [0.29, 0.717) is 5.95 Å². The first-order valence-corrected chi connectivity index (χ1v) is 7.38. The first kappa shape index (κ1) is 14.1. The SMILES string of the molecule is C/C(=N\Nc1nc2ccccc2[nH]1)c1cccc(-n2cnnn2)c1. The van der Waals surface area contributed by atoms with Crippen LogP contribution in [0.3, 0.4) is 0 Å². The summed E-state index contributed by atoms with van der Waals surface area (Å²) in [5.41, 5.74) is 7.48. The van der Waals surface area contributed by atoms with Gasteiger partial charge < -0.3 is 4.98 Å². The van der Waals surface area contributed by atoms with Crippen LogP contribution in [0.15, 0.2) is 60.0 Å². The summed E-state index contributed by atoms with van der Waals surface area (Å²) in [5, 5.41) is 15.6. The van der Waals surface area contributed by atoms with Crippen LogP contribution < -0.4 is 5.43 Å². The van der Waals surface area contributed by atoms with E-state index in [1.807, 2.05) is 55.5 Å². The Morgan fingerprint density at radius 1 is 1.17 bits per heavy atom. The molecule has 2 heterocycles. The van der Waals surface area contributed by atoms with Crippen LogP contribution in [0.5, 0.6) is 0 Å². The predicted molar refractivity (Wildman–Crippen MR) is 91.1 cm³/mol. The van der Waals surface area contributed by atoms with Gasteiger partial charge in [0.1, 0.15) is 6.33 Å². The number of nitrogens with one attached hydrogen (secondary N) is 2. The lowest BCUT2D eigenvalue weighted by Crippen LogP contribution is -2.02. The number of rotatable bonds is 4. The van der Waals surface area contributed by atoms with Gasteiger partial charge in [0.2, 0.25) is 5.95 Å². The summed E-state index contributed by atoms with van der Waals surface area (Å²) in [6.45, 7) is 1.92. The zero-order valence-corrected chi connectivity index (χ0v) is 12.9. The summed E-state index contributed by atoms with van der Waals surface area (Å²) in [6.07, 6.45) is 1.55. The minimum atomic E-state index is 0.604. The predicted octanol–water partition coefficient (Wildman–Crippen LogP) is 2.37. The number of tetrazole rings is 1. The second-order valence-corrected chi connectivity index (χ2v) is 5.22. The van der Waals surface area contributed by atoms with Gasteiger partial charge in [0.05, 0.1) is 22.4 Å². The van der Waals surface area contributed by atoms with Gasteiger partial charge in [-0.25, -0.2) is 15.1 Å². The number of anilines is 1. The van der Waals surface area contributed by atoms with Crippen molar-refractivity contribution in [3.63, 3.8) is 0 Å². The highest BCUT2D eigenvalue weighted by atomic mass is 15.5. The van der Waals surface area contributed by atoms with Crippen molar-refractivity contribution in [1.82, 2.24) is 30.2 Å². The average Bonchev–Trinajstić information content (AvgIpc) is 3.29. The van der Waals surface area contributed by atoms with E-state index in [4.69, 9.17) is 0 Å². The normalized spacial score (nSPS) is 11.8. The molecule has 0 atom stereocenters. The molecule has 2 N–H and O–H groups in total. The Morgan fingerprint density at radius 3 is 2.92 bits per heavy atom. The fourth-order valence-electron chi connectivity index (χ4n) is 2.36. The van der Waals surface area contributed by atoms with Crippen LogP contribution in [0.2, 0.25) is 0 Å². The van der Waals surface area contributed by atoms with Crippen LogP contribution in [0.4, 0.5) is 5.95 Å². The number of H-pyrrole nitrogens is 1. The van der Waals surface area contributed by atoms with E-state index in [1.165, 1.54) is 0 Å². The van der Waals surface area contributed by atoms with Crippen molar-refractivity contribution in [1.29, 1.82) is 0 Å². The van der Waals surface area contributed by atoms with E-state index in [1.54, 1.807) is 11.0 Å². The summed E-state index contributed by atoms with van der Waals surface area (Å²) in [4.78, 5) is 7.61. The van der Waals surface area contributed by atoms with E-state index in [0.717, 1.165) is 28.0 Å². The van der Waals surface area contributed by atoms with E-state index in [-0.39, 0.29) is 0 Å². The van der Waals surface area contributed by atoms with Gasteiger partial charge in [-0.15, -0.1) is 5.10 Å². The van der Waals surface area contributed by atoms with Crippen LogP contribution in [0.1, 0.15) is 12.5 Å². The van der Waals surface area contributed by atoms with Gasteiger partial charge in [0.25, 0.3) is 0 Å². The molecule has 0 saturated carbocycles. The van der Waals surface area contributed by atoms with E-state index in [9.17, 15) is 0 Å². The van der Waals surface area contributed by atoms with Crippen molar-refractivity contribution in [2.75, 3.05) is 5.43 Å². The fraction of sp³-hybridized carbons (Fsp3) is 0.0625. The largest absolute Gasteiger partial charge is 0.323 e. The lowest BCUT2D eigenvalue weighted by Gasteiger charge is -2.04. The number of para-hydroxylation sites is 2. The molecule has 0 aliphatic carbocycles. The van der Waals surface area contributed by atoms with Gasteiger partial charge in [-0.2, -0.15) is 5.10 Å². The lowest BCUT2D eigenvalue weighted by molar-refractivity contribution is 0.789. The number of fused-ring (bicyclic) bond motifs is 1. The summed E-state index contributed by atoms with van der Waals surface area (Å²) in [7, 11) is 0. The maximum Gasteiger partial charge on any atom is 0.222 e. The summed E-state index contributed by atoms with van der Waals surface area (Å²) >= 11 is 0. The van der Waals surface area contributed by atoms with Crippen LogP contribution in [0.25, 0.3) is 16.7 Å². The third-order valence-electron chi connectivity index (χ3n) is 3.60. The monoisotopic (exact) mass is 318 g/mol. The van der Waals surface area contributed by atoms with Crippen molar-refractivity contribution < 1.29 is 0 Å². The third-order valence-corrected chi connectivity index (χ3v) is 3.60. The van der Waals surface area contributed by atoms with Gasteiger partial charge in [-0.05, 0) is 47.2 Å². The Bertz CT molecular complexity index is 967. The maximum atomic E-state index is 4.43. The van der Waals surface area contributed by atoms with Crippen LogP contribution in [-0.4, -0.2) is 35.9 Å². The number of aromatic nitrogens is 6. The Kier molecular flexibility index (Phi) is 3.47. The number of hydrogen-bond acceptors (Lipinski definition) is 6. The maximum absolute atomic E-state index is 4.43. The molecule has 0 amide bonds. The molecular formula is C16H14N8. The van der Waals surface area contributed by atoms with Gasteiger partial charge in [0, 0.05) is 0 Å². The number of benzene rings is 2. The molecule has 118 valence electrons. The zero-order chi connectivity index (χ0) is 16.4. The molecule has 0 unspecified atom stereocenters. The minimum absolute atomic E-state index is 0.604. The Balaban J connectivity index is 1.57. The molecule has 0 fully saturated rings. The number of hydrogen-bond donors (Lipinski definition) is 2. The molecule has 0 aliphatic heterocycles. The topological polar surface area (TPSA) is 96.7 Å². The van der Waals surface area contributed by atoms with Crippen LogP contribution in [0, 0.1) is 0 Å². The highest BCUT2D eigenvalue weighted by Gasteiger charge is 2.04. The summed E-state index contributed by atoms with van der Waals surface area (Å²) in [6, 6.07) is 15.6. The molecule has 8 nitrogen and oxygen atoms in total. The van der Waals surface area contributed by atoms with Crippen molar-refractivity contribution >= 4 is 22.7 Å². The first-order chi connectivity index (χ1) is 11.8.